The molecule has 0 saturated heterocycles. The van der Waals surface area contributed by atoms with E-state index in [4.69, 9.17) is 18.0 Å². The Balaban J connectivity index is 5.03. The fraction of sp³-hybridized carbons (Fsp3) is 0.750. The van der Waals surface area contributed by atoms with Crippen LogP contribution in [0.4, 0.5) is 0 Å². The Morgan fingerprint density at radius 3 is 1.72 bits per heavy atom. The molecule has 0 saturated carbocycles. The molecule has 0 spiro atoms. The van der Waals surface area contributed by atoms with Gasteiger partial charge in [-0.1, -0.05) is 0 Å². The second-order valence-corrected chi connectivity index (χ2v) is 5.81. The minimum atomic E-state index is -2.91. The number of hydrogen-bond acceptors (Lipinski definition) is 5. The first-order chi connectivity index (χ1) is 8.55. The maximum atomic E-state index is 11.6. The van der Waals surface area contributed by atoms with Crippen molar-refractivity contribution in [2.75, 3.05) is 26.4 Å². The first-order valence-corrected chi connectivity index (χ1v) is 8.13. The molecule has 0 atom stereocenters. The van der Waals surface area contributed by atoms with Gasteiger partial charge < -0.3 is 18.0 Å². The Hall–Kier alpha value is -0.693. The lowest BCUT2D eigenvalue weighted by Gasteiger charge is -2.25. The van der Waals surface area contributed by atoms with E-state index in [-0.39, 0.29) is 5.97 Å². The van der Waals surface area contributed by atoms with Gasteiger partial charge in [0.1, 0.15) is 0 Å². The minimum Gasteiger partial charge on any atom is -0.463 e. The lowest BCUT2D eigenvalue weighted by Crippen LogP contribution is -2.45. The van der Waals surface area contributed by atoms with Crippen LogP contribution in [0, 0.1) is 0 Å². The summed E-state index contributed by atoms with van der Waals surface area (Å²) in [7, 11) is -2.91. The molecule has 0 radical (unpaired) electrons. The Kier molecular flexibility index (Phi) is 8.91. The zero-order chi connectivity index (χ0) is 14.0. The molecule has 0 aromatic heterocycles. The van der Waals surface area contributed by atoms with E-state index in [1.807, 2.05) is 20.8 Å². The molecule has 0 aromatic carbocycles. The van der Waals surface area contributed by atoms with Crippen LogP contribution >= 0.6 is 0 Å². The predicted molar refractivity (Wildman–Crippen MR) is 71.0 cm³/mol. The first kappa shape index (κ1) is 17.3. The van der Waals surface area contributed by atoms with Gasteiger partial charge in [-0.3, -0.25) is 0 Å². The average Bonchev–Trinajstić information content (AvgIpc) is 2.30. The smallest absolute Gasteiger partial charge is 0.463 e. The minimum absolute atomic E-state index is 0.344. The number of esters is 1. The van der Waals surface area contributed by atoms with E-state index in [0.29, 0.717) is 32.0 Å². The van der Waals surface area contributed by atoms with E-state index in [0.717, 1.165) is 0 Å². The fourth-order valence-corrected chi connectivity index (χ4v) is 3.78. The number of carbonyl (C=O) groups excluding carboxylic acids is 1. The fourth-order valence-electron chi connectivity index (χ4n) is 1.42. The van der Waals surface area contributed by atoms with Crippen LogP contribution in [0.1, 0.15) is 34.6 Å². The molecular formula is C12H24O5Si. The molecule has 0 fully saturated rings. The van der Waals surface area contributed by atoms with Gasteiger partial charge in [0.05, 0.1) is 6.61 Å². The number of rotatable bonds is 9. The molecule has 0 aromatic rings. The molecule has 0 amide bonds. The third-order valence-corrected chi connectivity index (χ3v) is 4.89. The van der Waals surface area contributed by atoms with E-state index in [1.54, 1.807) is 19.5 Å². The molecule has 0 unspecified atom stereocenters. The standard InChI is InChI=1S/C12H24O5Si/c1-6-14-12(13)11(5)10-18(15-7-2,16-8-3)17-9-4/h10H,6-9H2,1-5H3/b11-10+. The van der Waals surface area contributed by atoms with Crippen LogP contribution in [0.2, 0.25) is 0 Å². The van der Waals surface area contributed by atoms with Crippen molar-refractivity contribution < 1.29 is 22.8 Å². The van der Waals surface area contributed by atoms with Crippen LogP contribution in [0.5, 0.6) is 0 Å². The predicted octanol–water partition coefficient (Wildman–Crippen LogP) is 2.08. The van der Waals surface area contributed by atoms with E-state index < -0.39 is 8.80 Å². The summed E-state index contributed by atoms with van der Waals surface area (Å²) in [5.41, 5.74) is 2.11. The lowest BCUT2D eigenvalue weighted by molar-refractivity contribution is -0.138. The van der Waals surface area contributed by atoms with Crippen LogP contribution in [0.15, 0.2) is 11.3 Å². The quantitative estimate of drug-likeness (QED) is 0.367. The second-order valence-electron chi connectivity index (χ2n) is 3.45. The Labute approximate surface area is 110 Å². The van der Waals surface area contributed by atoms with Crippen molar-refractivity contribution in [1.82, 2.24) is 0 Å². The average molecular weight is 276 g/mol. The van der Waals surface area contributed by atoms with Gasteiger partial charge in [-0.05, 0) is 40.3 Å². The first-order valence-electron chi connectivity index (χ1n) is 6.33. The van der Waals surface area contributed by atoms with Crippen molar-refractivity contribution in [3.05, 3.63) is 11.3 Å². The van der Waals surface area contributed by atoms with Crippen molar-refractivity contribution in [3.63, 3.8) is 0 Å². The van der Waals surface area contributed by atoms with Crippen LogP contribution in [-0.2, 0) is 22.8 Å². The normalized spacial score (nSPS) is 12.6. The molecule has 6 heteroatoms. The number of hydrogen-bond donors (Lipinski definition) is 0. The van der Waals surface area contributed by atoms with Gasteiger partial charge in [0.25, 0.3) is 0 Å². The van der Waals surface area contributed by atoms with Crippen LogP contribution in [0.25, 0.3) is 0 Å². The maximum absolute atomic E-state index is 11.6. The van der Waals surface area contributed by atoms with Gasteiger partial charge in [0.15, 0.2) is 0 Å². The van der Waals surface area contributed by atoms with Gasteiger partial charge in [-0.25, -0.2) is 4.79 Å². The lowest BCUT2D eigenvalue weighted by atomic mass is 10.4. The highest BCUT2D eigenvalue weighted by atomic mass is 28.4. The molecule has 18 heavy (non-hydrogen) atoms. The zero-order valence-corrected chi connectivity index (χ0v) is 12.9. The summed E-state index contributed by atoms with van der Waals surface area (Å²) in [6, 6.07) is 0. The van der Waals surface area contributed by atoms with E-state index in [2.05, 4.69) is 0 Å². The van der Waals surface area contributed by atoms with Gasteiger partial charge in [-0.15, -0.1) is 0 Å². The van der Waals surface area contributed by atoms with Gasteiger partial charge in [0, 0.05) is 25.4 Å². The monoisotopic (exact) mass is 276 g/mol. The highest BCUT2D eigenvalue weighted by Gasteiger charge is 2.39. The van der Waals surface area contributed by atoms with Crippen molar-refractivity contribution >= 4 is 14.8 Å². The number of carbonyl (C=O) groups is 1. The van der Waals surface area contributed by atoms with Gasteiger partial charge in [-0.2, -0.15) is 0 Å². The largest absolute Gasteiger partial charge is 0.530 e. The summed E-state index contributed by atoms with van der Waals surface area (Å²) in [5, 5.41) is 0. The third kappa shape index (κ3) is 5.77. The third-order valence-electron chi connectivity index (χ3n) is 2.03. The van der Waals surface area contributed by atoms with Crippen molar-refractivity contribution in [3.8, 4) is 0 Å². The molecule has 0 bridgehead atoms. The molecule has 0 N–H and O–H groups in total. The summed E-state index contributed by atoms with van der Waals surface area (Å²) in [6.45, 7) is 10.8. The summed E-state index contributed by atoms with van der Waals surface area (Å²) in [5.74, 6) is -0.367. The van der Waals surface area contributed by atoms with Crippen molar-refractivity contribution in [1.29, 1.82) is 0 Å². The SMILES string of the molecule is CCOC(=O)/C(C)=C/[Si](OCC)(OCC)OCC. The molecule has 5 nitrogen and oxygen atoms in total. The zero-order valence-electron chi connectivity index (χ0n) is 11.9. The Morgan fingerprint density at radius 1 is 0.944 bits per heavy atom. The molecule has 0 rings (SSSR count). The van der Waals surface area contributed by atoms with E-state index in [1.165, 1.54) is 0 Å². The molecule has 0 heterocycles. The van der Waals surface area contributed by atoms with Gasteiger partial charge in [0.2, 0.25) is 0 Å². The van der Waals surface area contributed by atoms with Crippen LogP contribution in [-0.4, -0.2) is 41.2 Å². The van der Waals surface area contributed by atoms with Gasteiger partial charge >= 0.3 is 14.8 Å². The molecule has 0 aliphatic rings. The van der Waals surface area contributed by atoms with E-state index >= 15 is 0 Å². The summed E-state index contributed by atoms with van der Waals surface area (Å²) >= 11 is 0. The molecular weight excluding hydrogens is 252 g/mol. The summed E-state index contributed by atoms with van der Waals surface area (Å²) in [6.07, 6.45) is 0. The summed E-state index contributed by atoms with van der Waals surface area (Å²) in [4.78, 5) is 11.6. The molecule has 0 aliphatic carbocycles. The number of ether oxygens (including phenoxy) is 1. The van der Waals surface area contributed by atoms with E-state index in [9.17, 15) is 4.79 Å². The van der Waals surface area contributed by atoms with Crippen molar-refractivity contribution in [2.24, 2.45) is 0 Å². The molecule has 0 aliphatic heterocycles. The Morgan fingerprint density at radius 2 is 1.39 bits per heavy atom. The highest BCUT2D eigenvalue weighted by molar-refractivity contribution is 6.66. The topological polar surface area (TPSA) is 54.0 Å². The maximum Gasteiger partial charge on any atom is 0.530 e. The highest BCUT2D eigenvalue weighted by Crippen LogP contribution is 2.15. The van der Waals surface area contributed by atoms with Crippen LogP contribution in [0.3, 0.4) is 0 Å². The second kappa shape index (κ2) is 9.27. The van der Waals surface area contributed by atoms with Crippen LogP contribution < -0.4 is 0 Å². The Bertz CT molecular complexity index is 261. The van der Waals surface area contributed by atoms with Crippen molar-refractivity contribution in [2.45, 2.75) is 34.6 Å². The molecule has 106 valence electrons. The summed E-state index contributed by atoms with van der Waals surface area (Å²) < 4.78 is 21.8.